The van der Waals surface area contributed by atoms with Crippen molar-refractivity contribution in [2.24, 2.45) is 0 Å². The Morgan fingerprint density at radius 2 is 1.10 bits per heavy atom. The van der Waals surface area contributed by atoms with E-state index in [1.54, 1.807) is 30.3 Å². The summed E-state index contributed by atoms with van der Waals surface area (Å²) in [5.74, 6) is 0.319. The monoisotopic (exact) mass is 414 g/mol. The summed E-state index contributed by atoms with van der Waals surface area (Å²) in [7, 11) is -3.80. The normalized spacial score (nSPS) is 10.8. The van der Waals surface area contributed by atoms with E-state index in [1.807, 2.05) is 0 Å². The molecule has 29 heavy (non-hydrogen) atoms. The molecule has 2 N–H and O–H groups in total. The molecule has 0 aliphatic rings. The number of hydrogen-bond acceptors (Lipinski definition) is 6. The van der Waals surface area contributed by atoms with E-state index < -0.39 is 17.5 Å². The van der Waals surface area contributed by atoms with Crippen molar-refractivity contribution < 1.29 is 18.9 Å². The van der Waals surface area contributed by atoms with Gasteiger partial charge in [0.2, 0.25) is 0 Å². The first-order chi connectivity index (χ1) is 13.8. The molecule has 0 amide bonds. The maximum Gasteiger partial charge on any atom is 0.444 e. The minimum absolute atomic E-state index is 0.113. The van der Waals surface area contributed by atoms with Crippen molar-refractivity contribution in [3.05, 3.63) is 99.1 Å². The first kappa shape index (κ1) is 19.8. The molecule has 0 bridgehead atoms. The summed E-state index contributed by atoms with van der Waals surface area (Å²) in [6, 6.07) is 19.1. The summed E-state index contributed by atoms with van der Waals surface area (Å²) < 4.78 is 19.1. The number of nitro groups is 2. The molecule has 0 saturated heterocycles. The Kier molecular flexibility index (Phi) is 5.75. The first-order valence-corrected chi connectivity index (χ1v) is 9.87. The van der Waals surface area contributed by atoms with Crippen LogP contribution in [0.5, 0.6) is 5.75 Å². The average molecular weight is 414 g/mol. The molecule has 3 rings (SSSR count). The van der Waals surface area contributed by atoms with Gasteiger partial charge in [-0.2, -0.15) is 0 Å². The van der Waals surface area contributed by atoms with E-state index in [2.05, 4.69) is 10.2 Å². The molecule has 0 aliphatic heterocycles. The van der Waals surface area contributed by atoms with Crippen LogP contribution in [0.4, 0.5) is 22.7 Å². The van der Waals surface area contributed by atoms with Crippen molar-refractivity contribution in [3.63, 3.8) is 0 Å². The third-order valence-electron chi connectivity index (χ3n) is 3.69. The van der Waals surface area contributed by atoms with Gasteiger partial charge < -0.3 is 4.52 Å². The van der Waals surface area contributed by atoms with Gasteiger partial charge in [-0.15, -0.1) is 0 Å². The summed E-state index contributed by atoms with van der Waals surface area (Å²) in [6.07, 6.45) is 0. The highest BCUT2D eigenvalue weighted by Gasteiger charge is 2.26. The predicted octanol–water partition coefficient (Wildman–Crippen LogP) is 5.21. The summed E-state index contributed by atoms with van der Waals surface area (Å²) in [5.41, 5.74) is 0.420. The van der Waals surface area contributed by atoms with Crippen LogP contribution in [0.3, 0.4) is 0 Å². The zero-order chi connectivity index (χ0) is 20.9. The number of nitrogens with zero attached hydrogens (tertiary/aromatic N) is 2. The van der Waals surface area contributed by atoms with Crippen molar-refractivity contribution in [1.29, 1.82) is 0 Å². The number of rotatable bonds is 8. The van der Waals surface area contributed by atoms with Gasteiger partial charge in [-0.1, -0.05) is 18.2 Å². The zero-order valence-electron chi connectivity index (χ0n) is 14.8. The highest BCUT2D eigenvalue weighted by Crippen LogP contribution is 2.47. The molecule has 0 saturated carbocycles. The molecule has 0 spiro atoms. The molecule has 0 aliphatic carbocycles. The van der Waals surface area contributed by atoms with Crippen LogP contribution in [0, 0.1) is 20.2 Å². The average Bonchev–Trinajstić information content (AvgIpc) is 2.69. The quantitative estimate of drug-likeness (QED) is 0.291. The molecular weight excluding hydrogens is 399 g/mol. The van der Waals surface area contributed by atoms with Crippen LogP contribution in [0.2, 0.25) is 0 Å². The molecule has 0 aromatic heterocycles. The van der Waals surface area contributed by atoms with E-state index in [0.29, 0.717) is 17.1 Å². The fourth-order valence-electron chi connectivity index (χ4n) is 2.36. The van der Waals surface area contributed by atoms with Gasteiger partial charge in [-0.3, -0.25) is 30.4 Å². The van der Waals surface area contributed by atoms with Crippen LogP contribution < -0.4 is 14.7 Å². The minimum atomic E-state index is -3.80. The van der Waals surface area contributed by atoms with Crippen molar-refractivity contribution in [1.82, 2.24) is 0 Å². The van der Waals surface area contributed by atoms with Gasteiger partial charge in [0, 0.05) is 35.6 Å². The Labute approximate surface area is 165 Å². The first-order valence-electron chi connectivity index (χ1n) is 8.25. The smallest absolute Gasteiger partial charge is 0.414 e. The SMILES string of the molecule is O=[N+]([O-])c1ccc(NP(=O)(Nc2ccc([N+](=O)[O-])cc2)Oc2ccccc2)cc1. The zero-order valence-corrected chi connectivity index (χ0v) is 15.7. The molecule has 0 radical (unpaired) electrons. The van der Waals surface area contributed by atoms with Crippen molar-refractivity contribution in [2.75, 3.05) is 10.2 Å². The maximum atomic E-state index is 13.4. The minimum Gasteiger partial charge on any atom is -0.414 e. The topological polar surface area (TPSA) is 137 Å². The summed E-state index contributed by atoms with van der Waals surface area (Å²) in [5, 5.41) is 27.0. The van der Waals surface area contributed by atoms with Crippen LogP contribution in [0.15, 0.2) is 78.9 Å². The predicted molar refractivity (Wildman–Crippen MR) is 108 cm³/mol. The van der Waals surface area contributed by atoms with Crippen molar-refractivity contribution in [2.45, 2.75) is 0 Å². The summed E-state index contributed by atoms with van der Waals surface area (Å²) in [4.78, 5) is 20.5. The Morgan fingerprint density at radius 3 is 1.48 bits per heavy atom. The lowest BCUT2D eigenvalue weighted by atomic mass is 10.3. The molecule has 0 heterocycles. The lowest BCUT2D eigenvalue weighted by molar-refractivity contribution is -0.385. The maximum absolute atomic E-state index is 13.4. The Morgan fingerprint density at radius 1 is 0.690 bits per heavy atom. The summed E-state index contributed by atoms with van der Waals surface area (Å²) in [6.45, 7) is 0. The van der Waals surface area contributed by atoms with E-state index in [0.717, 1.165) is 0 Å². The van der Waals surface area contributed by atoms with Crippen LogP contribution in [-0.2, 0) is 4.57 Å². The fourth-order valence-corrected chi connectivity index (χ4v) is 3.90. The van der Waals surface area contributed by atoms with Gasteiger partial charge in [-0.25, -0.2) is 4.57 Å². The highest BCUT2D eigenvalue weighted by molar-refractivity contribution is 7.62. The van der Waals surface area contributed by atoms with Gasteiger partial charge in [0.05, 0.1) is 9.85 Å². The van der Waals surface area contributed by atoms with E-state index in [9.17, 15) is 24.8 Å². The molecule has 148 valence electrons. The van der Waals surface area contributed by atoms with Crippen molar-refractivity contribution in [3.8, 4) is 5.75 Å². The number of non-ortho nitro benzene ring substituents is 2. The van der Waals surface area contributed by atoms with Gasteiger partial charge in [0.25, 0.3) is 11.4 Å². The third kappa shape index (κ3) is 5.30. The van der Waals surface area contributed by atoms with E-state index in [-0.39, 0.29) is 11.4 Å². The molecule has 3 aromatic carbocycles. The van der Waals surface area contributed by atoms with Gasteiger partial charge in [0.1, 0.15) is 5.75 Å². The molecule has 3 aromatic rings. The van der Waals surface area contributed by atoms with E-state index >= 15 is 0 Å². The van der Waals surface area contributed by atoms with Crippen LogP contribution >= 0.6 is 7.67 Å². The van der Waals surface area contributed by atoms with Gasteiger partial charge >= 0.3 is 7.67 Å². The lowest BCUT2D eigenvalue weighted by Crippen LogP contribution is -2.12. The van der Waals surface area contributed by atoms with Crippen molar-refractivity contribution >= 4 is 30.4 Å². The van der Waals surface area contributed by atoms with Crippen LogP contribution in [0.25, 0.3) is 0 Å². The second-order valence-electron chi connectivity index (χ2n) is 5.79. The number of nitro benzene ring substituents is 2. The second kappa shape index (κ2) is 8.41. The second-order valence-corrected chi connectivity index (χ2v) is 7.52. The van der Waals surface area contributed by atoms with E-state index in [4.69, 9.17) is 4.52 Å². The van der Waals surface area contributed by atoms with Gasteiger partial charge in [0.15, 0.2) is 0 Å². The largest absolute Gasteiger partial charge is 0.444 e. The highest BCUT2D eigenvalue weighted by atomic mass is 31.2. The van der Waals surface area contributed by atoms with Crippen LogP contribution in [-0.4, -0.2) is 9.85 Å². The Balaban J connectivity index is 1.87. The number of hydrogen-bond donors (Lipinski definition) is 2. The molecule has 10 nitrogen and oxygen atoms in total. The lowest BCUT2D eigenvalue weighted by Gasteiger charge is -2.22. The van der Waals surface area contributed by atoms with E-state index in [1.165, 1.54) is 48.5 Å². The Bertz CT molecular complexity index is 994. The standard InChI is InChI=1S/C18H15N4O6P/c23-21(24)16-10-6-14(7-11-16)19-29(27,28-18-4-2-1-3-5-18)20-15-8-12-17(13-9-15)22(25)26/h1-13H,(H2,19,20,27). The Hall–Kier alpha value is -3.91. The number of benzene rings is 3. The molecule has 0 unspecified atom stereocenters. The summed E-state index contributed by atoms with van der Waals surface area (Å²) >= 11 is 0. The third-order valence-corrected chi connectivity index (χ3v) is 5.26. The molecule has 0 atom stereocenters. The van der Waals surface area contributed by atoms with Gasteiger partial charge in [-0.05, 0) is 36.4 Å². The fraction of sp³-hybridized carbons (Fsp3) is 0. The number of para-hydroxylation sites is 1. The molecule has 0 fully saturated rings. The number of nitrogens with one attached hydrogen (secondary N) is 2. The number of anilines is 2. The molecule has 11 heteroatoms. The molecular formula is C18H15N4O6P. The van der Waals surface area contributed by atoms with Crippen LogP contribution in [0.1, 0.15) is 0 Å².